The molecule has 0 aromatic carbocycles. The Morgan fingerprint density at radius 3 is 2.08 bits per heavy atom. The summed E-state index contributed by atoms with van der Waals surface area (Å²) in [4.78, 5) is 0. The van der Waals surface area contributed by atoms with Gasteiger partial charge in [0, 0.05) is 0 Å². The number of hydrogen-bond acceptors (Lipinski definition) is 0. The van der Waals surface area contributed by atoms with E-state index < -0.39 is 0 Å². The van der Waals surface area contributed by atoms with Crippen LogP contribution < -0.4 is 0 Å². The van der Waals surface area contributed by atoms with E-state index in [0.717, 1.165) is 0 Å². The molecular formula is C13H21. The molecule has 1 aliphatic rings. The highest BCUT2D eigenvalue weighted by molar-refractivity contribution is 4.95. The second kappa shape index (κ2) is 8.10. The monoisotopic (exact) mass is 177 g/mol. The van der Waals surface area contributed by atoms with E-state index >= 15 is 0 Å². The fraction of sp³-hybridized carbons (Fsp3) is 0.615. The summed E-state index contributed by atoms with van der Waals surface area (Å²) in [5, 5.41) is 0. The Kier molecular flexibility index (Phi) is 6.58. The van der Waals surface area contributed by atoms with Crippen LogP contribution in [-0.2, 0) is 0 Å². The van der Waals surface area contributed by atoms with Crippen molar-refractivity contribution >= 4 is 0 Å². The Hall–Kier alpha value is -0.520. The fourth-order valence-corrected chi connectivity index (χ4v) is 1.58. The Morgan fingerprint density at radius 1 is 0.538 bits per heavy atom. The van der Waals surface area contributed by atoms with Gasteiger partial charge >= 0.3 is 0 Å². The molecule has 0 N–H and O–H groups in total. The van der Waals surface area contributed by atoms with Gasteiger partial charge in [0.2, 0.25) is 0 Å². The van der Waals surface area contributed by atoms with Crippen molar-refractivity contribution in [3.05, 3.63) is 30.7 Å². The fourth-order valence-electron chi connectivity index (χ4n) is 1.58. The molecule has 0 amide bonds. The zero-order valence-corrected chi connectivity index (χ0v) is 8.54. The van der Waals surface area contributed by atoms with E-state index in [0.29, 0.717) is 0 Å². The summed E-state index contributed by atoms with van der Waals surface area (Å²) in [6, 6.07) is 0. The highest BCUT2D eigenvalue weighted by atomic mass is 13.9. The number of hydrogen-bond donors (Lipinski definition) is 0. The summed E-state index contributed by atoms with van der Waals surface area (Å²) in [7, 11) is 0. The second-order valence-electron chi connectivity index (χ2n) is 3.70. The highest BCUT2D eigenvalue weighted by Gasteiger charge is 1.88. The predicted molar refractivity (Wildman–Crippen MR) is 59.5 cm³/mol. The van der Waals surface area contributed by atoms with E-state index in [1.165, 1.54) is 51.4 Å². The largest absolute Gasteiger partial charge is 0.0885 e. The first-order valence-corrected chi connectivity index (χ1v) is 5.63. The SMILES string of the molecule is [CH]1/C=C/CCCCC/C=C/CCC1. The summed E-state index contributed by atoms with van der Waals surface area (Å²) in [5.74, 6) is 0. The third-order valence-corrected chi connectivity index (χ3v) is 2.42. The summed E-state index contributed by atoms with van der Waals surface area (Å²) in [5.41, 5.74) is 0. The van der Waals surface area contributed by atoms with Crippen LogP contribution in [0.15, 0.2) is 24.3 Å². The summed E-state index contributed by atoms with van der Waals surface area (Å²) < 4.78 is 0. The lowest BCUT2D eigenvalue weighted by atomic mass is 10.1. The molecule has 13 heavy (non-hydrogen) atoms. The molecule has 0 aliphatic heterocycles. The molecule has 0 saturated carbocycles. The van der Waals surface area contributed by atoms with Gasteiger partial charge in [0.05, 0.1) is 0 Å². The maximum absolute atomic E-state index is 2.35. The van der Waals surface area contributed by atoms with E-state index in [-0.39, 0.29) is 0 Å². The quantitative estimate of drug-likeness (QED) is 0.480. The Morgan fingerprint density at radius 2 is 1.23 bits per heavy atom. The van der Waals surface area contributed by atoms with E-state index in [4.69, 9.17) is 0 Å². The van der Waals surface area contributed by atoms with E-state index in [2.05, 4.69) is 30.7 Å². The molecule has 0 bridgehead atoms. The molecule has 0 spiro atoms. The molecule has 0 fully saturated rings. The lowest BCUT2D eigenvalue weighted by Gasteiger charge is -1.94. The molecule has 1 radical (unpaired) electrons. The molecule has 1 aliphatic carbocycles. The molecule has 0 heteroatoms. The molecule has 1 rings (SSSR count). The molecule has 0 heterocycles. The topological polar surface area (TPSA) is 0 Å². The van der Waals surface area contributed by atoms with Gasteiger partial charge in [-0.1, -0.05) is 30.7 Å². The molecular weight excluding hydrogens is 156 g/mol. The van der Waals surface area contributed by atoms with Crippen LogP contribution in [0.5, 0.6) is 0 Å². The molecule has 73 valence electrons. The smallest absolute Gasteiger partial charge is 0.0170 e. The van der Waals surface area contributed by atoms with Crippen molar-refractivity contribution in [3.8, 4) is 0 Å². The van der Waals surface area contributed by atoms with Gasteiger partial charge in [0.15, 0.2) is 0 Å². The minimum absolute atomic E-state index is 1.24. The Labute approximate surface area is 82.7 Å². The third-order valence-electron chi connectivity index (χ3n) is 2.42. The zero-order chi connectivity index (χ0) is 9.19. The highest BCUT2D eigenvalue weighted by Crippen LogP contribution is 2.08. The van der Waals surface area contributed by atoms with Crippen LogP contribution in [0, 0.1) is 6.42 Å². The second-order valence-corrected chi connectivity index (χ2v) is 3.70. The lowest BCUT2D eigenvalue weighted by molar-refractivity contribution is 0.695. The van der Waals surface area contributed by atoms with E-state index in [1.54, 1.807) is 0 Å². The van der Waals surface area contributed by atoms with Gasteiger partial charge in [-0.2, -0.15) is 0 Å². The van der Waals surface area contributed by atoms with Gasteiger partial charge in [-0.15, -0.1) is 0 Å². The standard InChI is InChI=1S/C13H21/c1-2-4-6-8-10-12-13-11-9-7-5-3-1/h1-3,10,12H,4-9,11,13H2/b3-1+,12-10+. The van der Waals surface area contributed by atoms with Crippen molar-refractivity contribution in [1.82, 2.24) is 0 Å². The van der Waals surface area contributed by atoms with Crippen molar-refractivity contribution < 1.29 is 0 Å². The van der Waals surface area contributed by atoms with Crippen molar-refractivity contribution in [2.45, 2.75) is 51.4 Å². The predicted octanol–water partition coefficient (Wildman–Crippen LogP) is 4.44. The van der Waals surface area contributed by atoms with Crippen molar-refractivity contribution in [3.63, 3.8) is 0 Å². The van der Waals surface area contributed by atoms with Crippen LogP contribution in [0.1, 0.15) is 51.4 Å². The van der Waals surface area contributed by atoms with Crippen LogP contribution in [0.25, 0.3) is 0 Å². The molecule has 0 unspecified atom stereocenters. The average Bonchev–Trinajstić information content (AvgIpc) is 2.18. The normalized spacial score (nSPS) is 26.5. The maximum atomic E-state index is 2.35. The Bertz CT molecular complexity index is 135. The van der Waals surface area contributed by atoms with Gasteiger partial charge in [-0.05, 0) is 51.4 Å². The van der Waals surface area contributed by atoms with Gasteiger partial charge in [-0.3, -0.25) is 0 Å². The van der Waals surface area contributed by atoms with Crippen molar-refractivity contribution in [2.75, 3.05) is 0 Å². The first kappa shape index (κ1) is 10.6. The molecule has 0 aromatic rings. The van der Waals surface area contributed by atoms with Crippen LogP contribution in [0.3, 0.4) is 0 Å². The van der Waals surface area contributed by atoms with Gasteiger partial charge in [0.1, 0.15) is 0 Å². The summed E-state index contributed by atoms with van der Waals surface area (Å²) in [6.07, 6.45) is 22.0. The zero-order valence-electron chi connectivity index (χ0n) is 8.54. The first-order chi connectivity index (χ1) is 6.50. The summed E-state index contributed by atoms with van der Waals surface area (Å²) in [6.45, 7) is 0. The average molecular weight is 177 g/mol. The van der Waals surface area contributed by atoms with Gasteiger partial charge < -0.3 is 0 Å². The van der Waals surface area contributed by atoms with E-state index in [9.17, 15) is 0 Å². The van der Waals surface area contributed by atoms with Crippen LogP contribution >= 0.6 is 0 Å². The van der Waals surface area contributed by atoms with Crippen LogP contribution in [0.2, 0.25) is 0 Å². The van der Waals surface area contributed by atoms with Crippen LogP contribution in [0.4, 0.5) is 0 Å². The minimum Gasteiger partial charge on any atom is -0.0885 e. The van der Waals surface area contributed by atoms with Gasteiger partial charge in [-0.25, -0.2) is 0 Å². The molecule has 0 atom stereocenters. The number of allylic oxidation sites excluding steroid dienone is 4. The Balaban J connectivity index is 2.18. The third kappa shape index (κ3) is 6.62. The minimum atomic E-state index is 1.24. The van der Waals surface area contributed by atoms with Crippen molar-refractivity contribution in [2.24, 2.45) is 0 Å². The number of rotatable bonds is 0. The van der Waals surface area contributed by atoms with Gasteiger partial charge in [0.25, 0.3) is 0 Å². The maximum Gasteiger partial charge on any atom is -0.0170 e. The van der Waals surface area contributed by atoms with Crippen LogP contribution in [-0.4, -0.2) is 0 Å². The molecule has 0 saturated heterocycles. The van der Waals surface area contributed by atoms with Crippen molar-refractivity contribution in [1.29, 1.82) is 0 Å². The van der Waals surface area contributed by atoms with E-state index in [1.807, 2.05) is 0 Å². The molecule has 0 aromatic heterocycles. The molecule has 0 nitrogen and oxygen atoms in total. The first-order valence-electron chi connectivity index (χ1n) is 5.63. The lowest BCUT2D eigenvalue weighted by Crippen LogP contribution is -1.74. The summed E-state index contributed by atoms with van der Waals surface area (Å²) >= 11 is 0.